The van der Waals surface area contributed by atoms with Crippen LogP contribution in [0.4, 0.5) is 0 Å². The normalized spacial score (nSPS) is 12.4. The third kappa shape index (κ3) is 2.58. The summed E-state index contributed by atoms with van der Waals surface area (Å²) < 4.78 is 4.82. The van der Waals surface area contributed by atoms with Gasteiger partial charge in [0.1, 0.15) is 0 Å². The zero-order valence-corrected chi connectivity index (χ0v) is 9.24. The van der Waals surface area contributed by atoms with E-state index in [-0.39, 0.29) is 5.75 Å². The van der Waals surface area contributed by atoms with E-state index in [4.69, 9.17) is 9.84 Å². The van der Waals surface area contributed by atoms with Crippen LogP contribution in [0.5, 0.6) is 5.75 Å². The van der Waals surface area contributed by atoms with E-state index in [2.05, 4.69) is 9.97 Å². The maximum Gasteiger partial charge on any atom is 0.180 e. The molecule has 0 amide bonds. The summed E-state index contributed by atoms with van der Waals surface area (Å²) in [5, 5.41) is 18.6. The predicted molar refractivity (Wildman–Crippen MR) is 61.1 cm³/mol. The second-order valence-electron chi connectivity index (χ2n) is 3.48. The number of benzene rings is 1. The van der Waals surface area contributed by atoms with Gasteiger partial charge >= 0.3 is 0 Å². The van der Waals surface area contributed by atoms with E-state index >= 15 is 0 Å². The second kappa shape index (κ2) is 4.90. The van der Waals surface area contributed by atoms with Crippen molar-refractivity contribution >= 4 is 0 Å². The highest BCUT2D eigenvalue weighted by Crippen LogP contribution is 2.21. The molecule has 0 fully saturated rings. The second-order valence-corrected chi connectivity index (χ2v) is 3.48. The van der Waals surface area contributed by atoms with Crippen LogP contribution in [0.25, 0.3) is 11.4 Å². The number of aromatic nitrogens is 2. The lowest BCUT2D eigenvalue weighted by Gasteiger charge is -2.09. The minimum Gasteiger partial charge on any atom is -0.505 e. The fourth-order valence-electron chi connectivity index (χ4n) is 1.44. The van der Waals surface area contributed by atoms with Crippen LogP contribution in [-0.4, -0.2) is 27.3 Å². The predicted octanol–water partition coefficient (Wildman–Crippen LogP) is 1.49. The van der Waals surface area contributed by atoms with Crippen LogP contribution < -0.4 is 0 Å². The molecule has 2 N–H and O–H groups in total. The van der Waals surface area contributed by atoms with Crippen LogP contribution >= 0.6 is 0 Å². The first-order valence-electron chi connectivity index (χ1n) is 5.03. The minimum absolute atomic E-state index is 0.0156. The van der Waals surface area contributed by atoms with Crippen molar-refractivity contribution in [3.63, 3.8) is 0 Å². The van der Waals surface area contributed by atoms with Gasteiger partial charge in [-0.2, -0.15) is 0 Å². The minimum atomic E-state index is -0.966. The monoisotopic (exact) mass is 232 g/mol. The van der Waals surface area contributed by atoms with Crippen molar-refractivity contribution in [1.29, 1.82) is 0 Å². The Kier molecular flexibility index (Phi) is 3.32. The molecular formula is C12H12N2O3. The molecular weight excluding hydrogens is 220 g/mol. The molecule has 0 aliphatic carbocycles. The molecule has 17 heavy (non-hydrogen) atoms. The number of hydrogen-bond donors (Lipinski definition) is 2. The lowest BCUT2D eigenvalue weighted by molar-refractivity contribution is -0.0769. The van der Waals surface area contributed by atoms with E-state index in [9.17, 15) is 5.11 Å². The number of hydrogen-bond acceptors (Lipinski definition) is 5. The summed E-state index contributed by atoms with van der Waals surface area (Å²) in [6, 6.07) is 7.08. The van der Waals surface area contributed by atoms with Crippen LogP contribution in [-0.2, 0) is 4.74 Å². The first-order chi connectivity index (χ1) is 8.20. The Morgan fingerprint density at radius 2 is 1.94 bits per heavy atom. The molecule has 0 radical (unpaired) electrons. The summed E-state index contributed by atoms with van der Waals surface area (Å²) in [4.78, 5) is 7.98. The van der Waals surface area contributed by atoms with Crippen LogP contribution in [0.15, 0.2) is 36.7 Å². The van der Waals surface area contributed by atoms with Crippen LogP contribution in [0, 0.1) is 0 Å². The molecule has 0 aliphatic rings. The van der Waals surface area contributed by atoms with Crippen molar-refractivity contribution < 1.29 is 14.9 Å². The molecule has 2 aromatic rings. The number of nitrogens with zero attached hydrogens (tertiary/aromatic N) is 2. The van der Waals surface area contributed by atoms with Gasteiger partial charge in [0.15, 0.2) is 17.9 Å². The van der Waals surface area contributed by atoms with E-state index < -0.39 is 6.29 Å². The summed E-state index contributed by atoms with van der Waals surface area (Å²) in [5.41, 5.74) is 1.38. The van der Waals surface area contributed by atoms with E-state index in [0.717, 1.165) is 5.56 Å². The molecule has 5 nitrogen and oxygen atoms in total. The van der Waals surface area contributed by atoms with E-state index in [0.29, 0.717) is 11.4 Å². The molecule has 0 spiro atoms. The van der Waals surface area contributed by atoms with Crippen molar-refractivity contribution in [3.05, 3.63) is 42.2 Å². The Morgan fingerprint density at radius 1 is 1.24 bits per heavy atom. The summed E-state index contributed by atoms with van der Waals surface area (Å²) in [6.07, 6.45) is 1.68. The van der Waals surface area contributed by atoms with Gasteiger partial charge in [-0.15, -0.1) is 0 Å². The van der Waals surface area contributed by atoms with Gasteiger partial charge in [-0.05, 0) is 6.07 Å². The molecule has 0 aliphatic heterocycles. The van der Waals surface area contributed by atoms with Gasteiger partial charge in [0.05, 0.1) is 12.4 Å². The molecule has 1 heterocycles. The molecule has 5 heteroatoms. The average Bonchev–Trinajstić information content (AvgIpc) is 2.39. The van der Waals surface area contributed by atoms with Crippen molar-refractivity contribution in [3.8, 4) is 17.1 Å². The summed E-state index contributed by atoms with van der Waals surface area (Å²) in [5.74, 6) is 0.495. The van der Waals surface area contributed by atoms with Crippen molar-refractivity contribution in [2.75, 3.05) is 7.11 Å². The van der Waals surface area contributed by atoms with Gasteiger partial charge in [0.25, 0.3) is 0 Å². The fraction of sp³-hybridized carbons (Fsp3) is 0.167. The average molecular weight is 232 g/mol. The zero-order chi connectivity index (χ0) is 12.3. The van der Waals surface area contributed by atoms with E-state index in [1.807, 2.05) is 6.07 Å². The van der Waals surface area contributed by atoms with Crippen LogP contribution in [0.2, 0.25) is 0 Å². The molecule has 0 saturated heterocycles. The number of ether oxygens (including phenoxy) is 1. The molecule has 1 aromatic heterocycles. The maximum atomic E-state index is 9.54. The molecule has 0 bridgehead atoms. The Morgan fingerprint density at radius 3 is 2.59 bits per heavy atom. The summed E-state index contributed by atoms with van der Waals surface area (Å²) in [7, 11) is 1.42. The highest BCUT2D eigenvalue weighted by atomic mass is 16.6. The third-order valence-electron chi connectivity index (χ3n) is 2.29. The number of methoxy groups -OCH3 is 1. The van der Waals surface area contributed by atoms with E-state index in [1.165, 1.54) is 19.5 Å². The number of rotatable bonds is 3. The molecule has 0 saturated carbocycles. The van der Waals surface area contributed by atoms with Crippen molar-refractivity contribution in [1.82, 2.24) is 9.97 Å². The molecule has 88 valence electrons. The van der Waals surface area contributed by atoms with Crippen LogP contribution in [0.1, 0.15) is 11.9 Å². The van der Waals surface area contributed by atoms with Crippen LogP contribution in [0.3, 0.4) is 0 Å². The molecule has 2 rings (SSSR count). The van der Waals surface area contributed by atoms with Gasteiger partial charge < -0.3 is 14.9 Å². The van der Waals surface area contributed by atoms with Gasteiger partial charge in [-0.1, -0.05) is 18.2 Å². The smallest absolute Gasteiger partial charge is 0.180 e. The van der Waals surface area contributed by atoms with E-state index in [1.54, 1.807) is 18.2 Å². The van der Waals surface area contributed by atoms with Gasteiger partial charge in [0.2, 0.25) is 0 Å². The van der Waals surface area contributed by atoms with Crippen molar-refractivity contribution in [2.45, 2.75) is 6.29 Å². The fourth-order valence-corrected chi connectivity index (χ4v) is 1.44. The highest BCUT2D eigenvalue weighted by Gasteiger charge is 2.08. The largest absolute Gasteiger partial charge is 0.505 e. The Hall–Kier alpha value is -1.98. The molecule has 1 unspecified atom stereocenters. The summed E-state index contributed by atoms with van der Waals surface area (Å²) in [6.45, 7) is 0. The third-order valence-corrected chi connectivity index (χ3v) is 2.29. The van der Waals surface area contributed by atoms with Crippen molar-refractivity contribution in [2.24, 2.45) is 0 Å². The Balaban J connectivity index is 2.36. The standard InChI is InChI=1S/C12H12N2O3/c1-17-12(16)9-4-2-3-8(5-9)11-13-6-10(15)7-14-11/h2-7,12,15-16H,1H3. The molecule has 1 aromatic carbocycles. The maximum absolute atomic E-state index is 9.54. The van der Waals surface area contributed by atoms with Gasteiger partial charge in [-0.3, -0.25) is 0 Å². The summed E-state index contributed by atoms with van der Waals surface area (Å²) >= 11 is 0. The highest BCUT2D eigenvalue weighted by molar-refractivity contribution is 5.56. The van der Waals surface area contributed by atoms with Gasteiger partial charge in [0, 0.05) is 18.2 Å². The first-order valence-corrected chi connectivity index (χ1v) is 5.03. The first kappa shape index (κ1) is 11.5. The zero-order valence-electron chi connectivity index (χ0n) is 9.24. The molecule has 1 atom stereocenters. The number of aromatic hydroxyl groups is 1. The van der Waals surface area contributed by atoms with Gasteiger partial charge in [-0.25, -0.2) is 9.97 Å². The quantitative estimate of drug-likeness (QED) is 0.784. The Labute approximate surface area is 98.4 Å². The lowest BCUT2D eigenvalue weighted by Crippen LogP contribution is -1.99. The number of aliphatic hydroxyl groups is 1. The SMILES string of the molecule is COC(O)c1cccc(-c2ncc(O)cn2)c1. The number of aliphatic hydroxyl groups excluding tert-OH is 1. The topological polar surface area (TPSA) is 75.5 Å². The Bertz CT molecular complexity index is 499. The lowest BCUT2D eigenvalue weighted by atomic mass is 10.1.